The predicted octanol–water partition coefficient (Wildman–Crippen LogP) is 4.79. The number of nitrogens with zero attached hydrogens (tertiary/aromatic N) is 1. The van der Waals surface area contributed by atoms with Crippen molar-refractivity contribution in [1.82, 2.24) is 0 Å². The second kappa shape index (κ2) is 6.95. The van der Waals surface area contributed by atoms with Crippen molar-refractivity contribution < 1.29 is 9.59 Å². The molecule has 0 bridgehead atoms. The van der Waals surface area contributed by atoms with Crippen LogP contribution < -0.4 is 10.2 Å². The normalized spacial score (nSPS) is 14.1. The summed E-state index contributed by atoms with van der Waals surface area (Å²) in [5, 5.41) is 3.34. The van der Waals surface area contributed by atoms with Gasteiger partial charge in [-0.2, -0.15) is 0 Å². The molecule has 1 N–H and O–H groups in total. The van der Waals surface area contributed by atoms with E-state index >= 15 is 0 Å². The van der Waals surface area contributed by atoms with Gasteiger partial charge in [0, 0.05) is 28.7 Å². The Morgan fingerprint density at radius 1 is 1.25 bits per heavy atom. The summed E-state index contributed by atoms with van der Waals surface area (Å²) in [6, 6.07) is 10.6. The fourth-order valence-electron chi connectivity index (χ4n) is 2.69. The van der Waals surface area contributed by atoms with E-state index in [1.54, 1.807) is 23.1 Å². The quantitative estimate of drug-likeness (QED) is 0.795. The first-order valence-electron chi connectivity index (χ1n) is 7.63. The summed E-state index contributed by atoms with van der Waals surface area (Å²) in [5.74, 6) is -0.195. The molecule has 1 aliphatic rings. The first-order chi connectivity index (χ1) is 11.5. The average molecular weight is 408 g/mol. The molecule has 2 aromatic carbocycles. The second-order valence-corrected chi connectivity index (χ2v) is 6.99. The number of carbonyl (C=O) groups is 2. The van der Waals surface area contributed by atoms with Crippen LogP contribution in [0.1, 0.15) is 28.8 Å². The minimum Gasteiger partial charge on any atom is -0.322 e. The summed E-state index contributed by atoms with van der Waals surface area (Å²) < 4.78 is 0.988. The maximum Gasteiger partial charge on any atom is 0.255 e. The topological polar surface area (TPSA) is 49.4 Å². The predicted molar refractivity (Wildman–Crippen MR) is 99.9 cm³/mol. The van der Waals surface area contributed by atoms with Crippen molar-refractivity contribution >= 4 is 50.7 Å². The van der Waals surface area contributed by atoms with Crippen LogP contribution in [-0.2, 0) is 4.79 Å². The Morgan fingerprint density at radius 3 is 2.71 bits per heavy atom. The van der Waals surface area contributed by atoms with Gasteiger partial charge in [-0.1, -0.05) is 27.5 Å². The summed E-state index contributed by atoms with van der Waals surface area (Å²) in [7, 11) is 0. The number of anilines is 2. The van der Waals surface area contributed by atoms with Crippen LogP contribution >= 0.6 is 27.5 Å². The van der Waals surface area contributed by atoms with Gasteiger partial charge >= 0.3 is 0 Å². The number of aryl methyl sites for hydroxylation is 1. The molecule has 3 rings (SSSR count). The first-order valence-corrected chi connectivity index (χ1v) is 8.80. The van der Waals surface area contributed by atoms with Crippen LogP contribution in [0.5, 0.6) is 0 Å². The van der Waals surface area contributed by atoms with E-state index in [0.29, 0.717) is 29.2 Å². The highest BCUT2D eigenvalue weighted by atomic mass is 79.9. The molecule has 124 valence electrons. The number of hydrogen-bond donors (Lipinski definition) is 1. The number of halogens is 2. The van der Waals surface area contributed by atoms with Crippen LogP contribution in [0, 0.1) is 6.92 Å². The molecule has 2 amide bonds. The molecule has 6 heteroatoms. The molecular formula is C18H16BrClN2O2. The highest BCUT2D eigenvalue weighted by molar-refractivity contribution is 9.10. The lowest BCUT2D eigenvalue weighted by molar-refractivity contribution is -0.117. The Balaban J connectivity index is 1.84. The van der Waals surface area contributed by atoms with E-state index in [1.807, 2.05) is 25.1 Å². The monoisotopic (exact) mass is 406 g/mol. The lowest BCUT2D eigenvalue weighted by Crippen LogP contribution is -2.24. The number of amides is 2. The molecule has 1 fully saturated rings. The second-order valence-electron chi connectivity index (χ2n) is 5.73. The molecule has 0 aliphatic carbocycles. The maximum atomic E-state index is 12.5. The van der Waals surface area contributed by atoms with Crippen molar-refractivity contribution in [2.75, 3.05) is 16.8 Å². The number of rotatable bonds is 3. The summed E-state index contributed by atoms with van der Waals surface area (Å²) in [5.41, 5.74) is 2.81. The number of nitrogens with one attached hydrogen (secondary N) is 1. The molecule has 1 heterocycles. The van der Waals surface area contributed by atoms with Gasteiger partial charge in [0.05, 0.1) is 10.7 Å². The Labute approximate surface area is 153 Å². The van der Waals surface area contributed by atoms with Crippen LogP contribution in [-0.4, -0.2) is 18.4 Å². The fraction of sp³-hybridized carbons (Fsp3) is 0.222. The van der Waals surface area contributed by atoms with Crippen LogP contribution in [0.4, 0.5) is 11.4 Å². The maximum absolute atomic E-state index is 12.5. The van der Waals surface area contributed by atoms with Gasteiger partial charge in [0.2, 0.25) is 5.91 Å². The highest BCUT2D eigenvalue weighted by Gasteiger charge is 2.24. The molecule has 0 spiro atoms. The molecule has 0 atom stereocenters. The first kappa shape index (κ1) is 17.0. The largest absolute Gasteiger partial charge is 0.322 e. The minimum atomic E-state index is -0.235. The van der Waals surface area contributed by atoms with Crippen LogP contribution in [0.3, 0.4) is 0 Å². The Hall–Kier alpha value is -1.85. The van der Waals surface area contributed by atoms with Gasteiger partial charge in [-0.05, 0) is 55.3 Å². The van der Waals surface area contributed by atoms with Gasteiger partial charge in [0.15, 0.2) is 0 Å². The fourth-order valence-corrected chi connectivity index (χ4v) is 3.16. The number of benzene rings is 2. The molecule has 0 unspecified atom stereocenters. The Kier molecular flexibility index (Phi) is 4.92. The van der Waals surface area contributed by atoms with Crippen LogP contribution in [0.25, 0.3) is 0 Å². The Bertz CT molecular complexity index is 823. The van der Waals surface area contributed by atoms with Gasteiger partial charge in [-0.25, -0.2) is 0 Å². The van der Waals surface area contributed by atoms with Crippen LogP contribution in [0.15, 0.2) is 40.9 Å². The average Bonchev–Trinajstić information content (AvgIpc) is 2.97. The third-order valence-electron chi connectivity index (χ3n) is 3.99. The summed E-state index contributed by atoms with van der Waals surface area (Å²) in [6.45, 7) is 2.59. The van der Waals surface area contributed by atoms with Crippen molar-refractivity contribution in [3.05, 3.63) is 57.0 Å². The van der Waals surface area contributed by atoms with E-state index in [-0.39, 0.29) is 11.8 Å². The van der Waals surface area contributed by atoms with Gasteiger partial charge < -0.3 is 10.2 Å². The van der Waals surface area contributed by atoms with Gasteiger partial charge in [-0.15, -0.1) is 0 Å². The lowest BCUT2D eigenvalue weighted by Gasteiger charge is -2.18. The molecule has 0 radical (unpaired) electrons. The number of carbonyl (C=O) groups excluding carboxylic acids is 2. The highest BCUT2D eigenvalue weighted by Crippen LogP contribution is 2.30. The summed E-state index contributed by atoms with van der Waals surface area (Å²) in [6.07, 6.45) is 1.33. The molecule has 24 heavy (non-hydrogen) atoms. The van der Waals surface area contributed by atoms with E-state index in [2.05, 4.69) is 21.2 Å². The molecule has 2 aromatic rings. The van der Waals surface area contributed by atoms with Gasteiger partial charge in [0.25, 0.3) is 5.91 Å². The molecule has 1 saturated heterocycles. The SMILES string of the molecule is Cc1cc(NC(=O)c2ccc(Cl)c(N3CCCC3=O)c2)ccc1Br. The Morgan fingerprint density at radius 2 is 2.04 bits per heavy atom. The number of hydrogen-bond acceptors (Lipinski definition) is 2. The standard InChI is InChI=1S/C18H16BrClN2O2/c1-11-9-13(5-6-14(11)19)21-18(24)12-4-7-15(20)16(10-12)22-8-2-3-17(22)23/h4-7,9-10H,2-3,8H2,1H3,(H,21,24). The van der Waals surface area contributed by atoms with E-state index < -0.39 is 0 Å². The zero-order valence-electron chi connectivity index (χ0n) is 13.1. The molecule has 0 aromatic heterocycles. The molecule has 4 nitrogen and oxygen atoms in total. The lowest BCUT2D eigenvalue weighted by atomic mass is 10.1. The van der Waals surface area contributed by atoms with E-state index in [9.17, 15) is 9.59 Å². The minimum absolute atomic E-state index is 0.0398. The van der Waals surface area contributed by atoms with Crippen molar-refractivity contribution in [1.29, 1.82) is 0 Å². The van der Waals surface area contributed by atoms with Gasteiger partial charge in [0.1, 0.15) is 0 Å². The van der Waals surface area contributed by atoms with E-state index in [1.165, 1.54) is 0 Å². The van der Waals surface area contributed by atoms with Gasteiger partial charge in [-0.3, -0.25) is 9.59 Å². The van der Waals surface area contributed by atoms with Crippen molar-refractivity contribution in [2.45, 2.75) is 19.8 Å². The van der Waals surface area contributed by atoms with E-state index in [4.69, 9.17) is 11.6 Å². The molecule has 0 saturated carbocycles. The van der Waals surface area contributed by atoms with E-state index in [0.717, 1.165) is 22.1 Å². The third kappa shape index (κ3) is 3.47. The summed E-state index contributed by atoms with van der Waals surface area (Å²) >= 11 is 9.65. The zero-order chi connectivity index (χ0) is 17.3. The van der Waals surface area contributed by atoms with Crippen LogP contribution in [0.2, 0.25) is 5.02 Å². The molecule has 1 aliphatic heterocycles. The zero-order valence-corrected chi connectivity index (χ0v) is 15.4. The van der Waals surface area contributed by atoms with Crippen molar-refractivity contribution in [3.8, 4) is 0 Å². The van der Waals surface area contributed by atoms with Crippen molar-refractivity contribution in [2.24, 2.45) is 0 Å². The molecular weight excluding hydrogens is 392 g/mol. The third-order valence-corrected chi connectivity index (χ3v) is 5.20. The van der Waals surface area contributed by atoms with Crippen molar-refractivity contribution in [3.63, 3.8) is 0 Å². The summed E-state index contributed by atoms with van der Waals surface area (Å²) in [4.78, 5) is 26.1. The smallest absolute Gasteiger partial charge is 0.255 e.